The highest BCUT2D eigenvalue weighted by molar-refractivity contribution is 5.73. The average molecular weight is 180 g/mol. The Morgan fingerprint density at radius 1 is 1.62 bits per heavy atom. The van der Waals surface area contributed by atoms with Gasteiger partial charge in [-0.2, -0.15) is 0 Å². The van der Waals surface area contributed by atoms with Gasteiger partial charge in [0.1, 0.15) is 5.76 Å². The molecule has 13 heavy (non-hydrogen) atoms. The molecule has 2 N–H and O–H groups in total. The fourth-order valence-corrected chi connectivity index (χ4v) is 0.820. The Morgan fingerprint density at radius 3 is 3.23 bits per heavy atom. The van der Waals surface area contributed by atoms with Crippen LogP contribution in [0, 0.1) is 0 Å². The summed E-state index contributed by atoms with van der Waals surface area (Å²) < 4.78 is 4.99. The van der Waals surface area contributed by atoms with Gasteiger partial charge in [-0.25, -0.2) is 0 Å². The highest BCUT2D eigenvalue weighted by Gasteiger charge is 2.02. The molecule has 0 amide bonds. The maximum absolute atomic E-state index is 11.0. The molecule has 0 bridgehead atoms. The molecule has 4 nitrogen and oxygen atoms in total. The third kappa shape index (κ3) is 3.57. The van der Waals surface area contributed by atoms with Gasteiger partial charge in [-0.1, -0.05) is 0 Å². The molecule has 1 rings (SSSR count). The molecule has 0 aliphatic carbocycles. The van der Waals surface area contributed by atoms with E-state index in [1.54, 1.807) is 37.7 Å². The second-order valence-electron chi connectivity index (χ2n) is 2.43. The van der Waals surface area contributed by atoms with E-state index in [4.69, 9.17) is 4.74 Å². The molecule has 0 fully saturated rings. The van der Waals surface area contributed by atoms with Crippen molar-refractivity contribution in [1.82, 2.24) is 10.6 Å². The molecule has 0 aromatic heterocycles. The van der Waals surface area contributed by atoms with Gasteiger partial charge in [0.25, 0.3) is 0 Å². The van der Waals surface area contributed by atoms with Gasteiger partial charge in [-0.05, 0) is 25.3 Å². The average Bonchev–Trinajstić information content (AvgIpc) is 2.33. The first-order chi connectivity index (χ1) is 6.33. The van der Waals surface area contributed by atoms with Crippen molar-refractivity contribution in [2.75, 3.05) is 13.6 Å². The maximum Gasteiger partial charge on any atom is 0.325 e. The number of nitrogens with one attached hydrogen (secondary N) is 2. The van der Waals surface area contributed by atoms with Gasteiger partial charge in [0.05, 0.1) is 6.54 Å². The van der Waals surface area contributed by atoms with Crippen molar-refractivity contribution in [2.45, 2.75) is 0 Å². The first-order valence-electron chi connectivity index (χ1n) is 3.97. The van der Waals surface area contributed by atoms with E-state index in [9.17, 15) is 4.79 Å². The standard InChI is InChI=1S/C9H12N2O2/c1-10-7-9(12)13-8-3-2-5-11-6-4-8/h2-6,10-11H,7H2,1H3. The summed E-state index contributed by atoms with van der Waals surface area (Å²) in [5, 5.41) is 5.58. The van der Waals surface area contributed by atoms with Gasteiger partial charge in [0.2, 0.25) is 0 Å². The summed E-state index contributed by atoms with van der Waals surface area (Å²) in [5.41, 5.74) is 0. The third-order valence-corrected chi connectivity index (χ3v) is 1.35. The van der Waals surface area contributed by atoms with E-state index in [-0.39, 0.29) is 12.5 Å². The van der Waals surface area contributed by atoms with Crippen LogP contribution >= 0.6 is 0 Å². The van der Waals surface area contributed by atoms with Crippen LogP contribution in [0.3, 0.4) is 0 Å². The van der Waals surface area contributed by atoms with Crippen molar-refractivity contribution >= 4 is 5.97 Å². The Hall–Kier alpha value is -1.55. The van der Waals surface area contributed by atoms with Crippen molar-refractivity contribution in [1.29, 1.82) is 0 Å². The molecule has 1 heterocycles. The van der Waals surface area contributed by atoms with Crippen LogP contribution in [0.1, 0.15) is 0 Å². The summed E-state index contributed by atoms with van der Waals surface area (Å²) in [6.45, 7) is 0.211. The Balaban J connectivity index is 2.47. The number of likely N-dealkylation sites (N-methyl/N-ethyl adjacent to an activating group) is 1. The molecule has 1 aliphatic rings. The lowest BCUT2D eigenvalue weighted by atomic mass is 10.4. The molecule has 4 heteroatoms. The molecule has 70 valence electrons. The monoisotopic (exact) mass is 180 g/mol. The van der Waals surface area contributed by atoms with E-state index in [0.29, 0.717) is 5.76 Å². The van der Waals surface area contributed by atoms with Crippen LogP contribution in [-0.4, -0.2) is 19.6 Å². The zero-order valence-corrected chi connectivity index (χ0v) is 7.41. The van der Waals surface area contributed by atoms with Crippen molar-refractivity contribution < 1.29 is 9.53 Å². The second kappa shape index (κ2) is 5.16. The Morgan fingerprint density at radius 2 is 2.46 bits per heavy atom. The number of carbonyl (C=O) groups is 1. The zero-order chi connectivity index (χ0) is 9.52. The lowest BCUT2D eigenvalue weighted by molar-refractivity contribution is -0.137. The normalized spacial score (nSPS) is 14.4. The van der Waals surface area contributed by atoms with Gasteiger partial charge in [-0.15, -0.1) is 0 Å². The molecule has 0 saturated carbocycles. The van der Waals surface area contributed by atoms with E-state index >= 15 is 0 Å². The Bertz CT molecular complexity index is 267. The van der Waals surface area contributed by atoms with Gasteiger partial charge >= 0.3 is 5.97 Å². The highest BCUT2D eigenvalue weighted by atomic mass is 16.5. The van der Waals surface area contributed by atoms with Gasteiger partial charge in [0.15, 0.2) is 0 Å². The summed E-state index contributed by atoms with van der Waals surface area (Å²) in [4.78, 5) is 11.0. The number of ether oxygens (including phenoxy) is 1. The van der Waals surface area contributed by atoms with Crippen LogP contribution in [0.15, 0.2) is 36.4 Å². The van der Waals surface area contributed by atoms with E-state index in [1.807, 2.05) is 0 Å². The van der Waals surface area contributed by atoms with E-state index in [1.165, 1.54) is 0 Å². The summed E-state index contributed by atoms with van der Waals surface area (Å²) in [6, 6.07) is 0. The molecule has 0 saturated heterocycles. The van der Waals surface area contributed by atoms with Crippen molar-refractivity contribution in [2.24, 2.45) is 0 Å². The van der Waals surface area contributed by atoms with Gasteiger partial charge in [0, 0.05) is 12.4 Å². The largest absolute Gasteiger partial charge is 0.426 e. The summed E-state index contributed by atoms with van der Waals surface area (Å²) in [5.74, 6) is 0.232. The van der Waals surface area contributed by atoms with Crippen LogP contribution < -0.4 is 10.6 Å². The minimum atomic E-state index is -0.297. The number of hydrogen-bond acceptors (Lipinski definition) is 4. The lowest BCUT2D eigenvalue weighted by Crippen LogP contribution is -2.20. The quantitative estimate of drug-likeness (QED) is 0.612. The molecule has 0 atom stereocenters. The number of carbonyl (C=O) groups excluding carboxylic acids is 1. The van der Waals surface area contributed by atoms with E-state index in [2.05, 4.69) is 10.6 Å². The minimum Gasteiger partial charge on any atom is -0.426 e. The fourth-order valence-electron chi connectivity index (χ4n) is 0.820. The van der Waals surface area contributed by atoms with Crippen LogP contribution in [-0.2, 0) is 9.53 Å². The molecule has 0 aromatic carbocycles. The van der Waals surface area contributed by atoms with Crippen molar-refractivity contribution in [3.63, 3.8) is 0 Å². The van der Waals surface area contributed by atoms with Crippen LogP contribution in [0.5, 0.6) is 0 Å². The molecule has 1 aliphatic heterocycles. The second-order valence-corrected chi connectivity index (χ2v) is 2.43. The van der Waals surface area contributed by atoms with Crippen LogP contribution in [0.25, 0.3) is 0 Å². The van der Waals surface area contributed by atoms with Crippen LogP contribution in [0.4, 0.5) is 0 Å². The zero-order valence-electron chi connectivity index (χ0n) is 7.41. The first-order valence-corrected chi connectivity index (χ1v) is 3.97. The molecule has 0 aromatic rings. The fraction of sp³-hybridized carbons (Fsp3) is 0.222. The van der Waals surface area contributed by atoms with Crippen LogP contribution in [0.2, 0.25) is 0 Å². The number of hydrogen-bond donors (Lipinski definition) is 2. The number of allylic oxidation sites excluding steroid dienone is 3. The van der Waals surface area contributed by atoms with Gasteiger partial charge < -0.3 is 15.4 Å². The predicted octanol–water partition coefficient (Wildman–Crippen LogP) is 0.263. The first kappa shape index (κ1) is 9.54. The third-order valence-electron chi connectivity index (χ3n) is 1.35. The summed E-state index contributed by atoms with van der Waals surface area (Å²) in [6.07, 6.45) is 8.61. The predicted molar refractivity (Wildman–Crippen MR) is 49.5 cm³/mol. The number of esters is 1. The van der Waals surface area contributed by atoms with Crippen molar-refractivity contribution in [3.8, 4) is 0 Å². The topological polar surface area (TPSA) is 50.4 Å². The summed E-state index contributed by atoms with van der Waals surface area (Å²) >= 11 is 0. The maximum atomic E-state index is 11.0. The smallest absolute Gasteiger partial charge is 0.325 e. The molecule has 0 unspecified atom stereocenters. The van der Waals surface area contributed by atoms with E-state index in [0.717, 1.165) is 0 Å². The Kier molecular flexibility index (Phi) is 3.78. The Labute approximate surface area is 77.0 Å². The lowest BCUT2D eigenvalue weighted by Gasteiger charge is -2.02. The van der Waals surface area contributed by atoms with Crippen molar-refractivity contribution in [3.05, 3.63) is 36.4 Å². The summed E-state index contributed by atoms with van der Waals surface area (Å²) in [7, 11) is 1.69. The highest BCUT2D eigenvalue weighted by Crippen LogP contribution is 2.02. The van der Waals surface area contributed by atoms with E-state index < -0.39 is 0 Å². The molecular formula is C9H12N2O2. The molecular weight excluding hydrogens is 168 g/mol. The molecule has 0 radical (unpaired) electrons. The van der Waals surface area contributed by atoms with Gasteiger partial charge in [-0.3, -0.25) is 4.79 Å². The molecule has 0 spiro atoms. The SMILES string of the molecule is CNCC(=O)OC1=CC=CNC=C1. The number of rotatable bonds is 3. The minimum absolute atomic E-state index is 0.211.